The van der Waals surface area contributed by atoms with E-state index in [4.69, 9.17) is 9.72 Å². The van der Waals surface area contributed by atoms with Gasteiger partial charge in [-0.2, -0.15) is 0 Å². The molecule has 2 aliphatic heterocycles. The fourth-order valence-corrected chi connectivity index (χ4v) is 5.05. The summed E-state index contributed by atoms with van der Waals surface area (Å²) in [7, 11) is 1.77. The highest BCUT2D eigenvalue weighted by atomic mass is 16.5. The molecule has 2 aliphatic rings. The molecule has 8 nitrogen and oxygen atoms in total. The lowest BCUT2D eigenvalue weighted by atomic mass is 10.0. The van der Waals surface area contributed by atoms with Gasteiger partial charge in [0.25, 0.3) is 0 Å². The fourth-order valence-electron chi connectivity index (χ4n) is 5.05. The zero-order valence-electron chi connectivity index (χ0n) is 18.2. The van der Waals surface area contributed by atoms with Gasteiger partial charge in [-0.25, -0.2) is 9.78 Å². The van der Waals surface area contributed by atoms with Crippen molar-refractivity contribution in [2.45, 2.75) is 31.7 Å². The van der Waals surface area contributed by atoms with Gasteiger partial charge in [0.2, 0.25) is 0 Å². The lowest BCUT2D eigenvalue weighted by Crippen LogP contribution is -2.29. The van der Waals surface area contributed by atoms with Gasteiger partial charge in [-0.15, -0.1) is 10.2 Å². The van der Waals surface area contributed by atoms with Gasteiger partial charge in [-0.3, -0.25) is 9.13 Å². The number of ether oxygens (including phenoxy) is 1. The minimum absolute atomic E-state index is 0.0456. The number of pyridine rings is 1. The van der Waals surface area contributed by atoms with Crippen molar-refractivity contribution in [2.75, 3.05) is 31.2 Å². The maximum atomic E-state index is 13.2. The SMILES string of the molecule is Cn1c(=O)n(C2CCOCC2)c2c3cc(-c4ccc(N5CCCC5)nc4)ccc3nnc21. The first-order valence-electron chi connectivity index (χ1n) is 11.4. The Balaban J connectivity index is 1.49. The van der Waals surface area contributed by atoms with Crippen LogP contribution in [-0.4, -0.2) is 50.6 Å². The third-order valence-electron chi connectivity index (χ3n) is 6.83. The number of hydrogen-bond acceptors (Lipinski definition) is 6. The predicted octanol–water partition coefficient (Wildman–Crippen LogP) is 3.30. The van der Waals surface area contributed by atoms with Crippen LogP contribution in [-0.2, 0) is 11.8 Å². The van der Waals surface area contributed by atoms with Crippen LogP contribution in [0.5, 0.6) is 0 Å². The van der Waals surface area contributed by atoms with Crippen LogP contribution in [0.4, 0.5) is 5.82 Å². The Labute approximate surface area is 185 Å². The average Bonchev–Trinajstić information content (AvgIpc) is 3.47. The molecule has 0 saturated carbocycles. The van der Waals surface area contributed by atoms with Crippen molar-refractivity contribution >= 4 is 27.9 Å². The zero-order valence-corrected chi connectivity index (χ0v) is 18.2. The smallest absolute Gasteiger partial charge is 0.330 e. The van der Waals surface area contributed by atoms with Crippen LogP contribution >= 0.6 is 0 Å². The molecule has 5 heterocycles. The minimum Gasteiger partial charge on any atom is -0.381 e. The molecule has 164 valence electrons. The molecule has 1 aromatic carbocycles. The van der Waals surface area contributed by atoms with Crippen molar-refractivity contribution < 1.29 is 4.74 Å². The largest absolute Gasteiger partial charge is 0.381 e. The summed E-state index contributed by atoms with van der Waals surface area (Å²) < 4.78 is 9.05. The molecule has 4 aromatic rings. The van der Waals surface area contributed by atoms with Gasteiger partial charge in [-0.1, -0.05) is 6.07 Å². The second kappa shape index (κ2) is 7.70. The summed E-state index contributed by atoms with van der Waals surface area (Å²) in [5.41, 5.74) is 4.33. The lowest BCUT2D eigenvalue weighted by molar-refractivity contribution is 0.0697. The molecule has 0 aliphatic carbocycles. The number of anilines is 1. The fraction of sp³-hybridized carbons (Fsp3) is 0.417. The van der Waals surface area contributed by atoms with E-state index in [1.807, 2.05) is 16.8 Å². The predicted molar refractivity (Wildman–Crippen MR) is 124 cm³/mol. The molecular weight excluding hydrogens is 404 g/mol. The van der Waals surface area contributed by atoms with Crippen LogP contribution in [0, 0.1) is 0 Å². The molecule has 0 unspecified atom stereocenters. The maximum absolute atomic E-state index is 13.2. The number of nitrogens with zero attached hydrogens (tertiary/aromatic N) is 6. The number of fused-ring (bicyclic) bond motifs is 3. The summed E-state index contributed by atoms with van der Waals surface area (Å²) in [4.78, 5) is 20.2. The summed E-state index contributed by atoms with van der Waals surface area (Å²) in [6.07, 6.45) is 6.06. The Morgan fingerprint density at radius 2 is 1.78 bits per heavy atom. The van der Waals surface area contributed by atoms with Gasteiger partial charge < -0.3 is 9.64 Å². The molecule has 8 heteroatoms. The van der Waals surface area contributed by atoms with E-state index in [9.17, 15) is 4.79 Å². The van der Waals surface area contributed by atoms with E-state index in [0.717, 1.165) is 59.3 Å². The Bertz CT molecular complexity index is 1350. The Morgan fingerprint density at radius 1 is 1.00 bits per heavy atom. The van der Waals surface area contributed by atoms with Crippen molar-refractivity contribution in [3.8, 4) is 11.1 Å². The van der Waals surface area contributed by atoms with Crippen LogP contribution in [0.1, 0.15) is 31.7 Å². The van der Waals surface area contributed by atoms with E-state index in [1.165, 1.54) is 12.8 Å². The highest BCUT2D eigenvalue weighted by molar-refractivity contribution is 6.02. The van der Waals surface area contributed by atoms with Crippen LogP contribution in [0.3, 0.4) is 0 Å². The molecule has 3 aromatic heterocycles. The minimum atomic E-state index is -0.0456. The van der Waals surface area contributed by atoms with E-state index >= 15 is 0 Å². The van der Waals surface area contributed by atoms with Crippen LogP contribution < -0.4 is 10.6 Å². The molecule has 0 radical (unpaired) electrons. The Hall–Kier alpha value is -3.26. The third kappa shape index (κ3) is 3.09. The van der Waals surface area contributed by atoms with Crippen LogP contribution in [0.2, 0.25) is 0 Å². The molecule has 32 heavy (non-hydrogen) atoms. The standard InChI is InChI=1S/C24H26N6O2/c1-28-23-22(30(24(28)31)18-8-12-32-13-9-18)19-14-16(4-6-20(19)26-27-23)17-5-7-21(25-15-17)29-10-2-3-11-29/h4-7,14-15,18H,2-3,8-13H2,1H3. The maximum Gasteiger partial charge on any atom is 0.330 e. The second-order valence-electron chi connectivity index (χ2n) is 8.76. The molecule has 6 rings (SSSR count). The van der Waals surface area contributed by atoms with Gasteiger partial charge in [0.1, 0.15) is 11.3 Å². The first-order chi connectivity index (χ1) is 15.7. The molecule has 0 bridgehead atoms. The van der Waals surface area contributed by atoms with E-state index in [-0.39, 0.29) is 11.7 Å². The molecule has 0 spiro atoms. The van der Waals surface area contributed by atoms with Crippen LogP contribution in [0.25, 0.3) is 33.2 Å². The van der Waals surface area contributed by atoms with Crippen LogP contribution in [0.15, 0.2) is 41.3 Å². The van der Waals surface area contributed by atoms with Gasteiger partial charge in [0, 0.05) is 56.5 Å². The summed E-state index contributed by atoms with van der Waals surface area (Å²) >= 11 is 0. The highest BCUT2D eigenvalue weighted by Gasteiger charge is 2.24. The Kier molecular flexibility index (Phi) is 4.68. The zero-order chi connectivity index (χ0) is 21.7. The average molecular weight is 431 g/mol. The van der Waals surface area contributed by atoms with Gasteiger partial charge in [0.05, 0.1) is 5.52 Å². The quantitative estimate of drug-likeness (QED) is 0.496. The molecule has 2 fully saturated rings. The van der Waals surface area contributed by atoms with Crippen molar-refractivity contribution in [1.82, 2.24) is 24.3 Å². The lowest BCUT2D eigenvalue weighted by Gasteiger charge is -2.23. The summed E-state index contributed by atoms with van der Waals surface area (Å²) in [5.74, 6) is 1.04. The monoisotopic (exact) mass is 430 g/mol. The van der Waals surface area contributed by atoms with Crippen molar-refractivity contribution in [3.05, 3.63) is 47.0 Å². The highest BCUT2D eigenvalue weighted by Crippen LogP contribution is 2.31. The first kappa shape index (κ1) is 19.4. The second-order valence-corrected chi connectivity index (χ2v) is 8.76. The number of rotatable bonds is 3. The molecule has 0 N–H and O–H groups in total. The van der Waals surface area contributed by atoms with Gasteiger partial charge >= 0.3 is 5.69 Å². The molecule has 2 saturated heterocycles. The van der Waals surface area contributed by atoms with Crippen molar-refractivity contribution in [2.24, 2.45) is 7.05 Å². The number of aromatic nitrogens is 5. The van der Waals surface area contributed by atoms with E-state index in [2.05, 4.69) is 39.4 Å². The normalized spacial score (nSPS) is 17.6. The van der Waals surface area contributed by atoms with E-state index in [0.29, 0.717) is 18.9 Å². The van der Waals surface area contributed by atoms with Gasteiger partial charge in [-0.05, 0) is 55.5 Å². The summed E-state index contributed by atoms with van der Waals surface area (Å²) in [6, 6.07) is 10.5. The molecule has 0 amide bonds. The third-order valence-corrected chi connectivity index (χ3v) is 6.83. The van der Waals surface area contributed by atoms with Gasteiger partial charge in [0.15, 0.2) is 5.65 Å². The summed E-state index contributed by atoms with van der Waals surface area (Å²) in [5, 5.41) is 9.73. The number of benzene rings is 1. The van der Waals surface area contributed by atoms with Crippen molar-refractivity contribution in [1.29, 1.82) is 0 Å². The number of aryl methyl sites for hydroxylation is 1. The number of hydrogen-bond donors (Lipinski definition) is 0. The topological polar surface area (TPSA) is 78.1 Å². The van der Waals surface area contributed by atoms with E-state index < -0.39 is 0 Å². The Morgan fingerprint density at radius 3 is 2.53 bits per heavy atom. The first-order valence-corrected chi connectivity index (χ1v) is 11.4. The number of imidazole rings is 1. The molecule has 0 atom stereocenters. The summed E-state index contributed by atoms with van der Waals surface area (Å²) in [6.45, 7) is 3.50. The molecular formula is C24H26N6O2. The van der Waals surface area contributed by atoms with Crippen molar-refractivity contribution in [3.63, 3.8) is 0 Å². The van der Waals surface area contributed by atoms with E-state index in [1.54, 1.807) is 11.6 Å².